The minimum atomic E-state index is 0.0818. The average molecular weight is 274 g/mol. The zero-order chi connectivity index (χ0) is 14.5. The first kappa shape index (κ1) is 14.6. The predicted octanol–water partition coefficient (Wildman–Crippen LogP) is 3.62. The fourth-order valence-corrected chi connectivity index (χ4v) is 1.93. The van der Waals surface area contributed by atoms with E-state index in [0.29, 0.717) is 0 Å². The molecule has 0 fully saturated rings. The lowest BCUT2D eigenvalue weighted by Gasteiger charge is -2.13. The Kier molecular flexibility index (Phi) is 4.79. The van der Waals surface area contributed by atoms with Gasteiger partial charge in [0.2, 0.25) is 5.89 Å². The van der Waals surface area contributed by atoms with Gasteiger partial charge in [-0.05, 0) is 45.4 Å². The van der Waals surface area contributed by atoms with E-state index in [4.69, 9.17) is 9.15 Å². The van der Waals surface area contributed by atoms with Crippen molar-refractivity contribution >= 4 is 0 Å². The highest BCUT2D eigenvalue weighted by Crippen LogP contribution is 2.17. The molecule has 4 heteroatoms. The summed E-state index contributed by atoms with van der Waals surface area (Å²) in [4.78, 5) is 4.23. The minimum Gasteiger partial charge on any atom is -0.491 e. The molecule has 0 saturated heterocycles. The summed E-state index contributed by atoms with van der Waals surface area (Å²) in [5, 5.41) is 3.40. The summed E-state index contributed by atoms with van der Waals surface area (Å²) < 4.78 is 11.2. The maximum atomic E-state index is 5.69. The van der Waals surface area contributed by atoms with Crippen molar-refractivity contribution in [2.24, 2.45) is 0 Å². The van der Waals surface area contributed by atoms with Gasteiger partial charge in [0.15, 0.2) is 0 Å². The Hall–Kier alpha value is -1.81. The molecule has 2 rings (SSSR count). The second-order valence-corrected chi connectivity index (χ2v) is 5.23. The molecule has 0 spiro atoms. The van der Waals surface area contributed by atoms with E-state index in [-0.39, 0.29) is 12.1 Å². The van der Waals surface area contributed by atoms with Crippen LogP contribution in [0.15, 0.2) is 34.9 Å². The fourth-order valence-electron chi connectivity index (χ4n) is 1.93. The van der Waals surface area contributed by atoms with Gasteiger partial charge in [-0.2, -0.15) is 0 Å². The molecule has 0 saturated carbocycles. The van der Waals surface area contributed by atoms with Crippen LogP contribution in [0.3, 0.4) is 0 Å². The number of nitrogens with one attached hydrogen (secondary N) is 1. The Morgan fingerprint density at radius 2 is 2.10 bits per heavy atom. The van der Waals surface area contributed by atoms with Crippen molar-refractivity contribution in [2.45, 2.75) is 46.4 Å². The van der Waals surface area contributed by atoms with Gasteiger partial charge in [0.25, 0.3) is 0 Å². The predicted molar refractivity (Wildman–Crippen MR) is 78.7 cm³/mol. The number of rotatable bonds is 6. The molecule has 20 heavy (non-hydrogen) atoms. The molecule has 1 atom stereocenters. The zero-order valence-electron chi connectivity index (χ0n) is 12.5. The Bertz CT molecular complexity index is 549. The van der Waals surface area contributed by atoms with Crippen LogP contribution in [0.4, 0.5) is 0 Å². The Morgan fingerprint density at radius 3 is 2.75 bits per heavy atom. The molecule has 1 aromatic carbocycles. The first-order valence-corrected chi connectivity index (χ1v) is 6.96. The molecule has 1 aromatic heterocycles. The minimum absolute atomic E-state index is 0.0818. The standard InChI is InChI=1S/C16H22N2O2/c1-11(2)19-15-7-5-6-14(8-15)10-17-13(4)16-18-9-12(3)20-16/h5-9,11,13,17H,10H2,1-4H3. The fraction of sp³-hybridized carbons (Fsp3) is 0.438. The van der Waals surface area contributed by atoms with Gasteiger partial charge in [-0.1, -0.05) is 12.1 Å². The molecule has 0 amide bonds. The lowest BCUT2D eigenvalue weighted by Crippen LogP contribution is -2.18. The van der Waals surface area contributed by atoms with Crippen LogP contribution in [0, 0.1) is 6.92 Å². The molecule has 0 aliphatic carbocycles. The number of oxazole rings is 1. The van der Waals surface area contributed by atoms with Crippen molar-refractivity contribution in [3.05, 3.63) is 47.7 Å². The van der Waals surface area contributed by atoms with E-state index in [9.17, 15) is 0 Å². The van der Waals surface area contributed by atoms with Gasteiger partial charge in [-0.3, -0.25) is 0 Å². The number of nitrogens with zero attached hydrogens (tertiary/aromatic N) is 1. The van der Waals surface area contributed by atoms with Crippen LogP contribution in [-0.2, 0) is 6.54 Å². The van der Waals surface area contributed by atoms with Crippen molar-refractivity contribution in [1.82, 2.24) is 10.3 Å². The summed E-state index contributed by atoms with van der Waals surface area (Å²) in [7, 11) is 0. The molecule has 0 aliphatic rings. The number of ether oxygens (including phenoxy) is 1. The Balaban J connectivity index is 1.93. The zero-order valence-corrected chi connectivity index (χ0v) is 12.5. The van der Waals surface area contributed by atoms with Crippen molar-refractivity contribution in [1.29, 1.82) is 0 Å². The van der Waals surface area contributed by atoms with Crippen molar-refractivity contribution < 1.29 is 9.15 Å². The Morgan fingerprint density at radius 1 is 1.30 bits per heavy atom. The molecular formula is C16H22N2O2. The molecule has 2 aromatic rings. The topological polar surface area (TPSA) is 47.3 Å². The van der Waals surface area contributed by atoms with Crippen LogP contribution >= 0.6 is 0 Å². The molecule has 1 unspecified atom stereocenters. The first-order chi connectivity index (χ1) is 9.54. The average Bonchev–Trinajstić information content (AvgIpc) is 2.82. The van der Waals surface area contributed by atoms with Gasteiger partial charge in [0.1, 0.15) is 11.5 Å². The first-order valence-electron chi connectivity index (χ1n) is 6.96. The van der Waals surface area contributed by atoms with Gasteiger partial charge in [-0.25, -0.2) is 4.98 Å². The number of benzene rings is 1. The monoisotopic (exact) mass is 274 g/mol. The molecule has 108 valence electrons. The third-order valence-electron chi connectivity index (χ3n) is 2.89. The highest BCUT2D eigenvalue weighted by Gasteiger charge is 2.10. The molecule has 0 aliphatic heterocycles. The second kappa shape index (κ2) is 6.57. The van der Waals surface area contributed by atoms with Crippen LogP contribution in [0.2, 0.25) is 0 Å². The maximum absolute atomic E-state index is 5.69. The van der Waals surface area contributed by atoms with Crippen LogP contribution in [0.25, 0.3) is 0 Å². The molecular weight excluding hydrogens is 252 g/mol. The quantitative estimate of drug-likeness (QED) is 0.874. The van der Waals surface area contributed by atoms with Crippen molar-refractivity contribution in [3.8, 4) is 5.75 Å². The lowest BCUT2D eigenvalue weighted by atomic mass is 10.2. The van der Waals surface area contributed by atoms with Gasteiger partial charge in [-0.15, -0.1) is 0 Å². The summed E-state index contributed by atoms with van der Waals surface area (Å²) in [5.74, 6) is 2.46. The van der Waals surface area contributed by atoms with E-state index in [1.54, 1.807) is 6.20 Å². The molecule has 0 radical (unpaired) electrons. The molecule has 1 heterocycles. The molecule has 4 nitrogen and oxygen atoms in total. The van der Waals surface area contributed by atoms with Gasteiger partial charge in [0.05, 0.1) is 18.3 Å². The Labute approximate surface area is 120 Å². The van der Waals surface area contributed by atoms with E-state index < -0.39 is 0 Å². The highest BCUT2D eigenvalue weighted by molar-refractivity contribution is 5.28. The van der Waals surface area contributed by atoms with Crippen LogP contribution in [0.5, 0.6) is 5.75 Å². The summed E-state index contributed by atoms with van der Waals surface area (Å²) in [6.07, 6.45) is 1.93. The summed E-state index contributed by atoms with van der Waals surface area (Å²) in [6, 6.07) is 8.20. The number of aryl methyl sites for hydroxylation is 1. The van der Waals surface area contributed by atoms with E-state index in [1.807, 2.05) is 39.8 Å². The highest BCUT2D eigenvalue weighted by atomic mass is 16.5. The number of aromatic nitrogens is 1. The van der Waals surface area contributed by atoms with Crippen molar-refractivity contribution in [2.75, 3.05) is 0 Å². The molecule has 0 bridgehead atoms. The van der Waals surface area contributed by atoms with Crippen LogP contribution in [-0.4, -0.2) is 11.1 Å². The smallest absolute Gasteiger partial charge is 0.211 e. The van der Waals surface area contributed by atoms with Gasteiger partial charge < -0.3 is 14.5 Å². The summed E-state index contributed by atoms with van der Waals surface area (Å²) >= 11 is 0. The van der Waals surface area contributed by atoms with E-state index in [1.165, 1.54) is 5.56 Å². The van der Waals surface area contributed by atoms with E-state index in [0.717, 1.165) is 23.9 Å². The van der Waals surface area contributed by atoms with E-state index in [2.05, 4.69) is 22.4 Å². The van der Waals surface area contributed by atoms with Gasteiger partial charge in [0, 0.05) is 6.54 Å². The number of hydrogen-bond acceptors (Lipinski definition) is 4. The largest absolute Gasteiger partial charge is 0.491 e. The van der Waals surface area contributed by atoms with Gasteiger partial charge >= 0.3 is 0 Å². The number of hydrogen-bond donors (Lipinski definition) is 1. The van der Waals surface area contributed by atoms with Crippen LogP contribution < -0.4 is 10.1 Å². The maximum Gasteiger partial charge on any atom is 0.211 e. The third kappa shape index (κ3) is 4.10. The SMILES string of the molecule is Cc1cnc(C(C)NCc2cccc(OC(C)C)c2)o1. The second-order valence-electron chi connectivity index (χ2n) is 5.23. The molecule has 1 N–H and O–H groups in total. The summed E-state index contributed by atoms with van der Waals surface area (Å²) in [6.45, 7) is 8.74. The van der Waals surface area contributed by atoms with Crippen molar-refractivity contribution in [3.63, 3.8) is 0 Å². The van der Waals surface area contributed by atoms with Crippen LogP contribution in [0.1, 0.15) is 44.0 Å². The third-order valence-corrected chi connectivity index (χ3v) is 2.89. The normalized spacial score (nSPS) is 12.7. The lowest BCUT2D eigenvalue weighted by molar-refractivity contribution is 0.242. The summed E-state index contributed by atoms with van der Waals surface area (Å²) in [5.41, 5.74) is 1.18. The van der Waals surface area contributed by atoms with E-state index >= 15 is 0 Å².